The number of carbonyl (C=O) groups is 1. The molecule has 0 bridgehead atoms. The third kappa shape index (κ3) is 2.57. The van der Waals surface area contributed by atoms with Crippen LogP contribution in [0.15, 0.2) is 30.3 Å². The highest BCUT2D eigenvalue weighted by molar-refractivity contribution is 7.22. The molecule has 0 atom stereocenters. The van der Waals surface area contributed by atoms with Crippen molar-refractivity contribution in [1.29, 1.82) is 0 Å². The van der Waals surface area contributed by atoms with Crippen molar-refractivity contribution in [2.45, 2.75) is 13.8 Å². The Hall–Kier alpha value is -2.40. The Balaban J connectivity index is 2.20. The predicted molar refractivity (Wildman–Crippen MR) is 95.8 cm³/mol. The second-order valence-corrected chi connectivity index (χ2v) is 6.75. The lowest BCUT2D eigenvalue weighted by atomic mass is 10.0. The second kappa shape index (κ2) is 5.66. The molecule has 1 aromatic heterocycles. The van der Waals surface area contributed by atoms with E-state index in [2.05, 4.69) is 35.9 Å². The van der Waals surface area contributed by atoms with Crippen LogP contribution in [0.25, 0.3) is 20.8 Å². The highest BCUT2D eigenvalue weighted by Gasteiger charge is 2.16. The molecule has 5 heteroatoms. The second-order valence-electron chi connectivity index (χ2n) is 5.75. The van der Waals surface area contributed by atoms with Crippen LogP contribution in [0.3, 0.4) is 0 Å². The molecule has 0 saturated heterocycles. The third-order valence-electron chi connectivity index (χ3n) is 4.12. The topological polar surface area (TPSA) is 53.4 Å². The van der Waals surface area contributed by atoms with E-state index in [9.17, 15) is 9.90 Å². The van der Waals surface area contributed by atoms with E-state index in [0.29, 0.717) is 5.56 Å². The molecule has 0 aliphatic carbocycles. The molecule has 0 aliphatic rings. The van der Waals surface area contributed by atoms with Crippen LogP contribution in [0, 0.1) is 13.8 Å². The number of aromatic carboxylic acids is 1. The van der Waals surface area contributed by atoms with Crippen LogP contribution in [-0.4, -0.2) is 30.2 Å². The van der Waals surface area contributed by atoms with Crippen LogP contribution in [-0.2, 0) is 0 Å². The Morgan fingerprint density at radius 1 is 1.13 bits per heavy atom. The summed E-state index contributed by atoms with van der Waals surface area (Å²) in [5, 5.41) is 10.2. The lowest BCUT2D eigenvalue weighted by Gasteiger charge is -2.18. The fraction of sp³-hybridized carbons (Fsp3) is 0.222. The van der Waals surface area contributed by atoms with Gasteiger partial charge in [-0.15, -0.1) is 11.3 Å². The van der Waals surface area contributed by atoms with Crippen molar-refractivity contribution in [2.75, 3.05) is 19.0 Å². The summed E-state index contributed by atoms with van der Waals surface area (Å²) in [6.07, 6.45) is 0. The fourth-order valence-electron chi connectivity index (χ4n) is 2.76. The van der Waals surface area contributed by atoms with Crippen molar-refractivity contribution < 1.29 is 9.90 Å². The molecule has 0 aliphatic heterocycles. The highest BCUT2D eigenvalue weighted by Crippen LogP contribution is 2.36. The van der Waals surface area contributed by atoms with E-state index >= 15 is 0 Å². The summed E-state index contributed by atoms with van der Waals surface area (Å²) in [4.78, 5) is 18.1. The molecule has 0 unspecified atom stereocenters. The van der Waals surface area contributed by atoms with Crippen molar-refractivity contribution in [2.24, 2.45) is 0 Å². The standard InChI is InChI=1S/C18H18N2O2S/c1-10-11(2)15(20(3)4)9-8-12(10)17-19-14-7-5-6-13(18(21)22)16(14)23-17/h5-9H,1-4H3,(H,21,22). The van der Waals surface area contributed by atoms with Crippen LogP contribution in [0.2, 0.25) is 0 Å². The highest BCUT2D eigenvalue weighted by atomic mass is 32.1. The normalized spacial score (nSPS) is 11.0. The number of fused-ring (bicyclic) bond motifs is 1. The number of thiazole rings is 1. The van der Waals surface area contributed by atoms with E-state index in [-0.39, 0.29) is 0 Å². The number of benzene rings is 2. The molecule has 2 aromatic carbocycles. The number of hydrogen-bond donors (Lipinski definition) is 1. The van der Waals surface area contributed by atoms with Gasteiger partial charge in [0.25, 0.3) is 0 Å². The molecular weight excluding hydrogens is 308 g/mol. The van der Waals surface area contributed by atoms with E-state index in [4.69, 9.17) is 0 Å². The number of rotatable bonds is 3. The first-order valence-electron chi connectivity index (χ1n) is 7.31. The number of hydrogen-bond acceptors (Lipinski definition) is 4. The van der Waals surface area contributed by atoms with Crippen molar-refractivity contribution in [1.82, 2.24) is 4.98 Å². The first kappa shape index (κ1) is 15.5. The Kier molecular flexibility index (Phi) is 3.82. The molecule has 3 rings (SSSR count). The van der Waals surface area contributed by atoms with E-state index in [1.807, 2.05) is 20.2 Å². The van der Waals surface area contributed by atoms with Gasteiger partial charge in [-0.1, -0.05) is 6.07 Å². The quantitative estimate of drug-likeness (QED) is 0.777. The Morgan fingerprint density at radius 3 is 2.52 bits per heavy atom. The summed E-state index contributed by atoms with van der Waals surface area (Å²) < 4.78 is 0.726. The van der Waals surface area contributed by atoms with Crippen LogP contribution < -0.4 is 4.90 Å². The van der Waals surface area contributed by atoms with Gasteiger partial charge in [-0.2, -0.15) is 0 Å². The Bertz CT molecular complexity index is 913. The summed E-state index contributed by atoms with van der Waals surface area (Å²) >= 11 is 1.44. The lowest BCUT2D eigenvalue weighted by molar-refractivity contribution is 0.0699. The molecule has 1 N–H and O–H groups in total. The summed E-state index contributed by atoms with van der Waals surface area (Å²) in [6, 6.07) is 9.37. The van der Waals surface area contributed by atoms with E-state index in [0.717, 1.165) is 20.8 Å². The van der Waals surface area contributed by atoms with Gasteiger partial charge in [-0.3, -0.25) is 0 Å². The van der Waals surface area contributed by atoms with Crippen molar-refractivity contribution in [3.8, 4) is 10.6 Å². The summed E-state index contributed by atoms with van der Waals surface area (Å²) in [7, 11) is 4.05. The van der Waals surface area contributed by atoms with Crippen molar-refractivity contribution in [3.05, 3.63) is 47.0 Å². The molecule has 0 fully saturated rings. The zero-order valence-corrected chi connectivity index (χ0v) is 14.4. The van der Waals surface area contributed by atoms with E-state index < -0.39 is 5.97 Å². The molecule has 0 amide bonds. The molecule has 0 radical (unpaired) electrons. The number of anilines is 1. The molecule has 0 spiro atoms. The number of carboxylic acids is 1. The smallest absolute Gasteiger partial charge is 0.337 e. The molecule has 3 aromatic rings. The molecule has 4 nitrogen and oxygen atoms in total. The van der Waals surface area contributed by atoms with Crippen LogP contribution >= 0.6 is 11.3 Å². The van der Waals surface area contributed by atoms with Gasteiger partial charge in [0.05, 0.1) is 15.8 Å². The van der Waals surface area contributed by atoms with Gasteiger partial charge in [0.15, 0.2) is 0 Å². The maximum atomic E-state index is 11.4. The maximum absolute atomic E-state index is 11.4. The minimum atomic E-state index is -0.915. The van der Waals surface area contributed by atoms with Gasteiger partial charge < -0.3 is 10.0 Å². The van der Waals surface area contributed by atoms with Gasteiger partial charge in [0.2, 0.25) is 0 Å². The van der Waals surface area contributed by atoms with Gasteiger partial charge in [0, 0.05) is 25.3 Å². The summed E-state index contributed by atoms with van der Waals surface area (Å²) in [6.45, 7) is 4.19. The number of aromatic nitrogens is 1. The number of carboxylic acid groups (broad SMARTS) is 1. The first-order valence-corrected chi connectivity index (χ1v) is 8.12. The maximum Gasteiger partial charge on any atom is 0.337 e. The van der Waals surface area contributed by atoms with Gasteiger partial charge in [-0.05, 0) is 49.2 Å². The minimum absolute atomic E-state index is 0.311. The SMILES string of the molecule is Cc1c(-c2nc3cccc(C(=O)O)c3s2)ccc(N(C)C)c1C. The monoisotopic (exact) mass is 326 g/mol. The Morgan fingerprint density at radius 2 is 1.87 bits per heavy atom. The van der Waals surface area contributed by atoms with Gasteiger partial charge in [0.1, 0.15) is 5.01 Å². The van der Waals surface area contributed by atoms with E-state index in [1.54, 1.807) is 12.1 Å². The molecule has 1 heterocycles. The average molecular weight is 326 g/mol. The lowest BCUT2D eigenvalue weighted by Crippen LogP contribution is -2.11. The zero-order valence-electron chi connectivity index (χ0n) is 13.5. The Labute approximate surface area is 139 Å². The zero-order chi connectivity index (χ0) is 16.7. The third-order valence-corrected chi connectivity index (χ3v) is 5.25. The summed E-state index contributed by atoms with van der Waals surface area (Å²) in [5.41, 5.74) is 5.67. The fourth-order valence-corrected chi connectivity index (χ4v) is 3.91. The molecule has 118 valence electrons. The molecular formula is C18H18N2O2S. The predicted octanol–water partition coefficient (Wildman–Crippen LogP) is 4.34. The molecule has 0 saturated carbocycles. The van der Waals surface area contributed by atoms with Crippen molar-refractivity contribution in [3.63, 3.8) is 0 Å². The van der Waals surface area contributed by atoms with Crippen LogP contribution in [0.4, 0.5) is 5.69 Å². The summed E-state index contributed by atoms with van der Waals surface area (Å²) in [5.74, 6) is -0.915. The van der Waals surface area contributed by atoms with Crippen LogP contribution in [0.1, 0.15) is 21.5 Å². The first-order chi connectivity index (χ1) is 10.9. The number of nitrogens with zero attached hydrogens (tertiary/aromatic N) is 2. The largest absolute Gasteiger partial charge is 0.478 e. The van der Waals surface area contributed by atoms with E-state index in [1.165, 1.54) is 28.2 Å². The van der Waals surface area contributed by atoms with Gasteiger partial charge >= 0.3 is 5.97 Å². The molecule has 23 heavy (non-hydrogen) atoms. The van der Waals surface area contributed by atoms with Crippen molar-refractivity contribution >= 4 is 33.2 Å². The van der Waals surface area contributed by atoms with Crippen LogP contribution in [0.5, 0.6) is 0 Å². The minimum Gasteiger partial charge on any atom is -0.478 e. The van der Waals surface area contributed by atoms with Gasteiger partial charge in [-0.25, -0.2) is 9.78 Å². The average Bonchev–Trinajstić information content (AvgIpc) is 2.92.